The van der Waals surface area contributed by atoms with E-state index in [1.54, 1.807) is 13.3 Å². The largest absolute Gasteiger partial charge is 0.495 e. The van der Waals surface area contributed by atoms with E-state index in [2.05, 4.69) is 31.8 Å². The minimum atomic E-state index is 0.512. The van der Waals surface area contributed by atoms with Crippen LogP contribution in [-0.4, -0.2) is 12.1 Å². The minimum absolute atomic E-state index is 0.512. The third-order valence-corrected chi connectivity index (χ3v) is 2.17. The first-order chi connectivity index (χ1) is 6.19. The summed E-state index contributed by atoms with van der Waals surface area (Å²) in [5.74, 6) is 1.36. The normalized spacial score (nSPS) is 10.5. The van der Waals surface area contributed by atoms with Gasteiger partial charge in [-0.3, -0.25) is 4.98 Å². The molecule has 0 aliphatic heterocycles. The first-order valence-electron chi connectivity index (χ1n) is 4.71. The SMILES string of the molecule is CCc1ncc(OC)cc1C(C)C. The molecule has 0 bridgehead atoms. The van der Waals surface area contributed by atoms with E-state index in [0.29, 0.717) is 5.92 Å². The Morgan fingerprint density at radius 3 is 2.62 bits per heavy atom. The van der Waals surface area contributed by atoms with Gasteiger partial charge in [0.2, 0.25) is 0 Å². The van der Waals surface area contributed by atoms with E-state index < -0.39 is 0 Å². The summed E-state index contributed by atoms with van der Waals surface area (Å²) in [6, 6.07) is 2.08. The number of rotatable bonds is 3. The predicted octanol–water partition coefficient (Wildman–Crippen LogP) is 2.78. The number of aromatic nitrogens is 1. The molecular formula is C11H17NO. The Morgan fingerprint density at radius 1 is 1.46 bits per heavy atom. The zero-order valence-electron chi connectivity index (χ0n) is 8.79. The Morgan fingerprint density at radius 2 is 2.15 bits per heavy atom. The van der Waals surface area contributed by atoms with Gasteiger partial charge in [0.25, 0.3) is 0 Å². The van der Waals surface area contributed by atoms with Gasteiger partial charge in [-0.1, -0.05) is 20.8 Å². The third-order valence-electron chi connectivity index (χ3n) is 2.17. The van der Waals surface area contributed by atoms with E-state index in [-0.39, 0.29) is 0 Å². The van der Waals surface area contributed by atoms with Gasteiger partial charge in [-0.05, 0) is 24.0 Å². The van der Waals surface area contributed by atoms with Crippen molar-refractivity contribution < 1.29 is 4.74 Å². The van der Waals surface area contributed by atoms with Crippen LogP contribution in [0.5, 0.6) is 5.75 Å². The zero-order chi connectivity index (χ0) is 9.84. The van der Waals surface area contributed by atoms with Crippen LogP contribution < -0.4 is 4.74 Å². The van der Waals surface area contributed by atoms with E-state index in [1.165, 1.54) is 11.3 Å². The molecule has 0 amide bonds. The molecule has 1 aromatic rings. The lowest BCUT2D eigenvalue weighted by molar-refractivity contribution is 0.411. The van der Waals surface area contributed by atoms with Crippen molar-refractivity contribution >= 4 is 0 Å². The number of methoxy groups -OCH3 is 1. The van der Waals surface area contributed by atoms with E-state index in [0.717, 1.165) is 12.2 Å². The van der Waals surface area contributed by atoms with Crippen LogP contribution in [0.2, 0.25) is 0 Å². The van der Waals surface area contributed by atoms with E-state index in [4.69, 9.17) is 4.74 Å². The molecule has 2 heteroatoms. The van der Waals surface area contributed by atoms with Crippen LogP contribution in [0.25, 0.3) is 0 Å². The molecule has 0 saturated carbocycles. The minimum Gasteiger partial charge on any atom is -0.495 e. The maximum atomic E-state index is 5.14. The number of hydrogen-bond acceptors (Lipinski definition) is 2. The van der Waals surface area contributed by atoms with Crippen LogP contribution in [0.4, 0.5) is 0 Å². The Bertz CT molecular complexity index is 281. The van der Waals surface area contributed by atoms with Gasteiger partial charge in [0.15, 0.2) is 0 Å². The molecule has 13 heavy (non-hydrogen) atoms. The van der Waals surface area contributed by atoms with Crippen molar-refractivity contribution in [3.8, 4) is 5.75 Å². The van der Waals surface area contributed by atoms with Gasteiger partial charge in [0, 0.05) is 5.69 Å². The fraction of sp³-hybridized carbons (Fsp3) is 0.545. The molecule has 0 fully saturated rings. The summed E-state index contributed by atoms with van der Waals surface area (Å²) in [5, 5.41) is 0. The van der Waals surface area contributed by atoms with Gasteiger partial charge in [-0.2, -0.15) is 0 Å². The molecule has 0 aliphatic carbocycles. The fourth-order valence-electron chi connectivity index (χ4n) is 1.40. The van der Waals surface area contributed by atoms with Crippen molar-refractivity contribution in [2.45, 2.75) is 33.1 Å². The Hall–Kier alpha value is -1.05. The number of pyridine rings is 1. The van der Waals surface area contributed by atoms with Crippen LogP contribution >= 0.6 is 0 Å². The van der Waals surface area contributed by atoms with Crippen LogP contribution in [0.15, 0.2) is 12.3 Å². The summed E-state index contributed by atoms with van der Waals surface area (Å²) < 4.78 is 5.14. The average molecular weight is 179 g/mol. The molecule has 0 unspecified atom stereocenters. The second-order valence-corrected chi connectivity index (χ2v) is 3.42. The van der Waals surface area contributed by atoms with Crippen molar-refractivity contribution in [1.29, 1.82) is 0 Å². The molecule has 1 rings (SSSR count). The van der Waals surface area contributed by atoms with Crippen molar-refractivity contribution in [2.24, 2.45) is 0 Å². The maximum Gasteiger partial charge on any atom is 0.137 e. The lowest BCUT2D eigenvalue weighted by Crippen LogP contribution is -1.99. The van der Waals surface area contributed by atoms with Gasteiger partial charge in [0.1, 0.15) is 5.75 Å². The molecule has 0 saturated heterocycles. The van der Waals surface area contributed by atoms with Crippen LogP contribution in [-0.2, 0) is 6.42 Å². The van der Waals surface area contributed by atoms with Crippen molar-refractivity contribution in [3.05, 3.63) is 23.5 Å². The van der Waals surface area contributed by atoms with Gasteiger partial charge >= 0.3 is 0 Å². The molecule has 0 radical (unpaired) electrons. The van der Waals surface area contributed by atoms with Crippen LogP contribution in [0, 0.1) is 0 Å². The zero-order valence-corrected chi connectivity index (χ0v) is 8.79. The fourth-order valence-corrected chi connectivity index (χ4v) is 1.40. The van der Waals surface area contributed by atoms with Crippen molar-refractivity contribution in [3.63, 3.8) is 0 Å². The molecule has 72 valence electrons. The monoisotopic (exact) mass is 179 g/mol. The highest BCUT2D eigenvalue weighted by atomic mass is 16.5. The maximum absolute atomic E-state index is 5.14. The molecule has 1 aromatic heterocycles. The highest BCUT2D eigenvalue weighted by molar-refractivity contribution is 5.31. The summed E-state index contributed by atoms with van der Waals surface area (Å²) in [4.78, 5) is 4.36. The smallest absolute Gasteiger partial charge is 0.137 e. The molecular weight excluding hydrogens is 162 g/mol. The van der Waals surface area contributed by atoms with E-state index in [1.807, 2.05) is 0 Å². The average Bonchev–Trinajstić information content (AvgIpc) is 2.16. The quantitative estimate of drug-likeness (QED) is 0.711. The number of nitrogens with zero attached hydrogens (tertiary/aromatic N) is 1. The highest BCUT2D eigenvalue weighted by Gasteiger charge is 2.07. The molecule has 0 spiro atoms. The molecule has 0 aromatic carbocycles. The highest BCUT2D eigenvalue weighted by Crippen LogP contribution is 2.22. The number of ether oxygens (including phenoxy) is 1. The molecule has 0 atom stereocenters. The van der Waals surface area contributed by atoms with Crippen molar-refractivity contribution in [2.75, 3.05) is 7.11 Å². The summed E-state index contributed by atoms with van der Waals surface area (Å²) in [6.45, 7) is 6.48. The van der Waals surface area contributed by atoms with E-state index in [9.17, 15) is 0 Å². The van der Waals surface area contributed by atoms with Gasteiger partial charge in [-0.25, -0.2) is 0 Å². The third kappa shape index (κ3) is 2.20. The summed E-state index contributed by atoms with van der Waals surface area (Å²) >= 11 is 0. The Balaban J connectivity index is 3.10. The second-order valence-electron chi connectivity index (χ2n) is 3.42. The van der Waals surface area contributed by atoms with Crippen molar-refractivity contribution in [1.82, 2.24) is 4.98 Å². The first-order valence-corrected chi connectivity index (χ1v) is 4.71. The standard InChI is InChI=1S/C11H17NO/c1-5-11-10(8(2)3)6-9(13-4)7-12-11/h6-8H,5H2,1-4H3. The topological polar surface area (TPSA) is 22.1 Å². The molecule has 1 heterocycles. The second kappa shape index (κ2) is 4.26. The first kappa shape index (κ1) is 10.0. The van der Waals surface area contributed by atoms with Gasteiger partial charge < -0.3 is 4.74 Å². The Labute approximate surface area is 80.0 Å². The lowest BCUT2D eigenvalue weighted by Gasteiger charge is -2.11. The van der Waals surface area contributed by atoms with Crippen LogP contribution in [0.1, 0.15) is 37.9 Å². The lowest BCUT2D eigenvalue weighted by atomic mass is 10.0. The number of aryl methyl sites for hydroxylation is 1. The van der Waals surface area contributed by atoms with E-state index >= 15 is 0 Å². The predicted molar refractivity (Wildman–Crippen MR) is 54.3 cm³/mol. The van der Waals surface area contributed by atoms with Crippen LogP contribution in [0.3, 0.4) is 0 Å². The number of hydrogen-bond donors (Lipinski definition) is 0. The summed E-state index contributed by atoms with van der Waals surface area (Å²) in [7, 11) is 1.67. The summed E-state index contributed by atoms with van der Waals surface area (Å²) in [5.41, 5.74) is 2.47. The van der Waals surface area contributed by atoms with Gasteiger partial charge in [-0.15, -0.1) is 0 Å². The molecule has 0 N–H and O–H groups in total. The summed E-state index contributed by atoms with van der Waals surface area (Å²) in [6.07, 6.45) is 2.77. The molecule has 2 nitrogen and oxygen atoms in total. The Kier molecular flexibility index (Phi) is 3.29. The van der Waals surface area contributed by atoms with Gasteiger partial charge in [0.05, 0.1) is 13.3 Å². The molecule has 0 aliphatic rings.